The van der Waals surface area contributed by atoms with E-state index in [2.05, 4.69) is 17.0 Å². The molecular weight excluding hydrogens is 429 g/mol. The van der Waals surface area contributed by atoms with Crippen LogP contribution in [0.2, 0.25) is 10.0 Å². The van der Waals surface area contributed by atoms with E-state index in [0.717, 1.165) is 46.8 Å². The van der Waals surface area contributed by atoms with Crippen LogP contribution in [0.3, 0.4) is 0 Å². The number of hydrogen-bond donors (Lipinski definition) is 1. The lowest BCUT2D eigenvalue weighted by molar-refractivity contribution is -0.143. The topological polar surface area (TPSA) is 49.8 Å². The Hall–Kier alpha value is -1.24. The molecule has 29 heavy (non-hydrogen) atoms. The van der Waals surface area contributed by atoms with Crippen molar-refractivity contribution in [2.24, 2.45) is 5.92 Å². The minimum atomic E-state index is -0.698. The van der Waals surface area contributed by atoms with Gasteiger partial charge in [0.2, 0.25) is 0 Å². The molecule has 2 atom stereocenters. The zero-order valence-electron chi connectivity index (χ0n) is 15.9. The molecule has 4 rings (SSSR count). The van der Waals surface area contributed by atoms with Gasteiger partial charge in [-0.2, -0.15) is 0 Å². The number of benzene rings is 2. The number of hydrogen-bond acceptors (Lipinski definition) is 4. The molecular formula is C22H23Cl2NO3S. The Bertz CT molecular complexity index is 908. The summed E-state index contributed by atoms with van der Waals surface area (Å²) in [4.78, 5) is 15.7. The lowest BCUT2D eigenvalue weighted by Gasteiger charge is -2.31. The molecule has 2 aliphatic rings. The van der Waals surface area contributed by atoms with Gasteiger partial charge in [-0.05, 0) is 48.7 Å². The third-order valence-corrected chi connectivity index (χ3v) is 7.46. The van der Waals surface area contributed by atoms with Gasteiger partial charge in [0, 0.05) is 34.3 Å². The molecule has 0 saturated carbocycles. The van der Waals surface area contributed by atoms with E-state index in [1.807, 2.05) is 18.2 Å². The standard InChI is InChI=1S/C22H23Cl2NO3S/c23-16-10-15-11-19(28-9-8-25-7-3-4-14(13-25)22(26)27)17-5-1-2-6-20(17)29-21(15)18(24)12-16/h1-2,5-6,10,12,14,19H,3-4,7-9,11,13H2,(H,26,27)/t14?,19-/m1/s1. The smallest absolute Gasteiger partial charge is 0.307 e. The first-order chi connectivity index (χ1) is 14.0. The van der Waals surface area contributed by atoms with E-state index < -0.39 is 5.97 Å². The Kier molecular flexibility index (Phi) is 6.72. The Morgan fingerprint density at radius 1 is 1.28 bits per heavy atom. The van der Waals surface area contributed by atoms with E-state index in [-0.39, 0.29) is 12.0 Å². The Morgan fingerprint density at radius 3 is 2.93 bits per heavy atom. The summed E-state index contributed by atoms with van der Waals surface area (Å²) >= 11 is 14.4. The quantitative estimate of drug-likeness (QED) is 0.644. The minimum Gasteiger partial charge on any atom is -0.481 e. The van der Waals surface area contributed by atoms with Crippen LogP contribution < -0.4 is 0 Å². The second-order valence-corrected chi connectivity index (χ2v) is 9.45. The number of rotatable bonds is 5. The first-order valence-electron chi connectivity index (χ1n) is 9.82. The molecule has 1 fully saturated rings. The van der Waals surface area contributed by atoms with Crippen molar-refractivity contribution in [2.45, 2.75) is 35.2 Å². The number of nitrogens with zero attached hydrogens (tertiary/aromatic N) is 1. The van der Waals surface area contributed by atoms with Gasteiger partial charge in [-0.3, -0.25) is 4.79 Å². The fourth-order valence-corrected chi connectivity index (χ4v) is 5.84. The van der Waals surface area contributed by atoms with E-state index in [4.69, 9.17) is 27.9 Å². The van der Waals surface area contributed by atoms with Crippen LogP contribution in [-0.4, -0.2) is 42.2 Å². The first-order valence-corrected chi connectivity index (χ1v) is 11.4. The maximum absolute atomic E-state index is 11.3. The molecule has 1 saturated heterocycles. The van der Waals surface area contributed by atoms with E-state index >= 15 is 0 Å². The largest absolute Gasteiger partial charge is 0.481 e. The lowest BCUT2D eigenvalue weighted by Crippen LogP contribution is -2.40. The minimum absolute atomic E-state index is 0.0884. The first kappa shape index (κ1) is 21.0. The van der Waals surface area contributed by atoms with Gasteiger partial charge in [-0.1, -0.05) is 53.2 Å². The molecule has 2 aromatic rings. The highest BCUT2D eigenvalue weighted by molar-refractivity contribution is 7.99. The highest BCUT2D eigenvalue weighted by Gasteiger charge is 2.27. The van der Waals surface area contributed by atoms with Crippen LogP contribution in [-0.2, 0) is 16.0 Å². The second-order valence-electron chi connectivity index (χ2n) is 7.56. The summed E-state index contributed by atoms with van der Waals surface area (Å²) in [5.74, 6) is -0.967. The molecule has 0 spiro atoms. The van der Waals surface area contributed by atoms with Gasteiger partial charge in [-0.15, -0.1) is 0 Å². The summed E-state index contributed by atoms with van der Waals surface area (Å²) in [7, 11) is 0. The second kappa shape index (κ2) is 9.27. The number of ether oxygens (including phenoxy) is 1. The van der Waals surface area contributed by atoms with E-state index in [1.54, 1.807) is 17.8 Å². The number of likely N-dealkylation sites (tertiary alicyclic amines) is 1. The molecule has 0 bridgehead atoms. The van der Waals surface area contributed by atoms with Crippen molar-refractivity contribution in [1.29, 1.82) is 0 Å². The van der Waals surface area contributed by atoms with Crippen molar-refractivity contribution in [1.82, 2.24) is 4.90 Å². The molecule has 4 nitrogen and oxygen atoms in total. The molecule has 0 aliphatic carbocycles. The Morgan fingerprint density at radius 2 is 2.10 bits per heavy atom. The van der Waals surface area contributed by atoms with Crippen molar-refractivity contribution in [3.63, 3.8) is 0 Å². The van der Waals surface area contributed by atoms with Gasteiger partial charge in [-0.25, -0.2) is 0 Å². The number of carboxylic acids is 1. The lowest BCUT2D eigenvalue weighted by atomic mass is 9.98. The van der Waals surface area contributed by atoms with Crippen molar-refractivity contribution < 1.29 is 14.6 Å². The van der Waals surface area contributed by atoms with Gasteiger partial charge in [0.15, 0.2) is 0 Å². The average Bonchev–Trinajstić information content (AvgIpc) is 2.85. The molecule has 7 heteroatoms. The number of carboxylic acid groups (broad SMARTS) is 1. The summed E-state index contributed by atoms with van der Waals surface area (Å²) < 4.78 is 6.34. The summed E-state index contributed by atoms with van der Waals surface area (Å²) in [6.07, 6.45) is 2.30. The molecule has 1 N–H and O–H groups in total. The fourth-order valence-electron chi connectivity index (χ4n) is 4.07. The number of aliphatic carboxylic acids is 1. The summed E-state index contributed by atoms with van der Waals surface area (Å²) in [6, 6.07) is 12.0. The molecule has 2 aromatic carbocycles. The average molecular weight is 452 g/mol. The third kappa shape index (κ3) is 4.92. The predicted octanol–water partition coefficient (Wildman–Crippen LogP) is 5.56. The molecule has 0 aromatic heterocycles. The van der Waals surface area contributed by atoms with Gasteiger partial charge >= 0.3 is 5.97 Å². The SMILES string of the molecule is O=C(O)C1CCCN(CCO[C@@H]2Cc3cc(Cl)cc(Cl)c3Sc3ccccc32)C1. The molecule has 0 amide bonds. The normalized spacial score (nSPS) is 21.9. The summed E-state index contributed by atoms with van der Waals surface area (Å²) in [5, 5.41) is 10.6. The summed E-state index contributed by atoms with van der Waals surface area (Å²) in [6.45, 7) is 2.82. The molecule has 2 heterocycles. The van der Waals surface area contributed by atoms with Crippen LogP contribution in [0.25, 0.3) is 0 Å². The zero-order chi connectivity index (χ0) is 20.4. The van der Waals surface area contributed by atoms with Crippen molar-refractivity contribution in [3.05, 3.63) is 57.6 Å². The molecule has 0 radical (unpaired) electrons. The van der Waals surface area contributed by atoms with Crippen LogP contribution >= 0.6 is 35.0 Å². The van der Waals surface area contributed by atoms with Crippen LogP contribution in [0, 0.1) is 5.92 Å². The predicted molar refractivity (Wildman–Crippen MR) is 116 cm³/mol. The van der Waals surface area contributed by atoms with E-state index in [0.29, 0.717) is 29.6 Å². The number of carbonyl (C=O) groups is 1. The fraction of sp³-hybridized carbons (Fsp3) is 0.409. The highest BCUT2D eigenvalue weighted by Crippen LogP contribution is 2.45. The van der Waals surface area contributed by atoms with Crippen molar-refractivity contribution >= 4 is 40.9 Å². The van der Waals surface area contributed by atoms with E-state index in [1.165, 1.54) is 0 Å². The van der Waals surface area contributed by atoms with Crippen molar-refractivity contribution in [3.8, 4) is 0 Å². The van der Waals surface area contributed by atoms with Crippen molar-refractivity contribution in [2.75, 3.05) is 26.2 Å². The zero-order valence-corrected chi connectivity index (χ0v) is 18.3. The Balaban J connectivity index is 1.48. The molecule has 154 valence electrons. The monoisotopic (exact) mass is 451 g/mol. The summed E-state index contributed by atoms with van der Waals surface area (Å²) in [5.41, 5.74) is 2.25. The van der Waals surface area contributed by atoms with Gasteiger partial charge in [0.25, 0.3) is 0 Å². The highest BCUT2D eigenvalue weighted by atomic mass is 35.5. The van der Waals surface area contributed by atoms with Crippen LogP contribution in [0.5, 0.6) is 0 Å². The molecule has 1 unspecified atom stereocenters. The maximum Gasteiger partial charge on any atom is 0.307 e. The molecule has 2 aliphatic heterocycles. The van der Waals surface area contributed by atoms with Crippen LogP contribution in [0.1, 0.15) is 30.1 Å². The van der Waals surface area contributed by atoms with Gasteiger partial charge < -0.3 is 14.7 Å². The van der Waals surface area contributed by atoms with Gasteiger partial charge in [0.05, 0.1) is 23.7 Å². The maximum atomic E-state index is 11.3. The third-order valence-electron chi connectivity index (χ3n) is 5.55. The number of halogens is 2. The van der Waals surface area contributed by atoms with Crippen LogP contribution in [0.4, 0.5) is 0 Å². The number of fused-ring (bicyclic) bond motifs is 2. The van der Waals surface area contributed by atoms with Gasteiger partial charge in [0.1, 0.15) is 0 Å². The van der Waals surface area contributed by atoms with E-state index in [9.17, 15) is 9.90 Å². The Labute approximate surface area is 185 Å². The number of piperidine rings is 1. The van der Waals surface area contributed by atoms with Crippen LogP contribution in [0.15, 0.2) is 46.2 Å².